The van der Waals surface area contributed by atoms with Crippen LogP contribution in [0.15, 0.2) is 18.2 Å². The van der Waals surface area contributed by atoms with Crippen LogP contribution in [-0.2, 0) is 10.2 Å². The number of methoxy groups -OCH3 is 1. The lowest BCUT2D eigenvalue weighted by Gasteiger charge is -2.13. The Morgan fingerprint density at radius 1 is 1.31 bits per heavy atom. The monoisotopic (exact) mass is 248 g/mol. The highest BCUT2D eigenvalue weighted by molar-refractivity contribution is 7.90. The van der Waals surface area contributed by atoms with Gasteiger partial charge in [-0.3, -0.25) is 4.72 Å². The van der Waals surface area contributed by atoms with Crippen molar-refractivity contribution in [2.45, 2.75) is 0 Å². The van der Waals surface area contributed by atoms with Crippen LogP contribution in [0.5, 0.6) is 5.75 Å². The van der Waals surface area contributed by atoms with E-state index >= 15 is 0 Å². The smallest absolute Gasteiger partial charge is 0.301 e. The highest BCUT2D eigenvalue weighted by atomic mass is 32.2. The van der Waals surface area contributed by atoms with Crippen LogP contribution in [0.1, 0.15) is 0 Å². The molecule has 0 aliphatic rings. The molecule has 16 heavy (non-hydrogen) atoms. The van der Waals surface area contributed by atoms with Crippen LogP contribution in [-0.4, -0.2) is 33.9 Å². The van der Waals surface area contributed by atoms with Crippen LogP contribution in [0.25, 0.3) is 0 Å². The molecule has 0 aliphatic heterocycles. The van der Waals surface area contributed by atoms with Crippen molar-refractivity contribution in [3.05, 3.63) is 24.0 Å². The molecule has 0 spiro atoms. The predicted octanol–water partition coefficient (Wildman–Crippen LogP) is 1.05. The number of nitrogens with one attached hydrogen (secondary N) is 1. The molecule has 1 aromatic carbocycles. The molecule has 0 heterocycles. The Morgan fingerprint density at radius 3 is 2.44 bits per heavy atom. The van der Waals surface area contributed by atoms with Crippen LogP contribution >= 0.6 is 0 Å². The highest BCUT2D eigenvalue weighted by Gasteiger charge is 2.13. The first-order valence-corrected chi connectivity index (χ1v) is 5.84. The molecule has 0 bridgehead atoms. The van der Waals surface area contributed by atoms with Gasteiger partial charge in [0.2, 0.25) is 0 Å². The summed E-state index contributed by atoms with van der Waals surface area (Å²) in [6, 6.07) is 3.63. The third-order valence-corrected chi connectivity index (χ3v) is 3.29. The SMILES string of the molecule is COc1cc(F)cc(NS(=O)(=O)N(C)C)c1. The van der Waals surface area contributed by atoms with Gasteiger partial charge in [0.05, 0.1) is 12.8 Å². The molecule has 0 aliphatic carbocycles. The number of hydrogen-bond donors (Lipinski definition) is 1. The van der Waals surface area contributed by atoms with Crippen molar-refractivity contribution in [1.82, 2.24) is 4.31 Å². The molecule has 0 saturated heterocycles. The van der Waals surface area contributed by atoms with E-state index in [0.29, 0.717) is 0 Å². The van der Waals surface area contributed by atoms with Gasteiger partial charge in [-0.25, -0.2) is 4.39 Å². The molecule has 0 amide bonds. The number of ether oxygens (including phenoxy) is 1. The van der Waals surface area contributed by atoms with E-state index in [1.807, 2.05) is 0 Å². The van der Waals surface area contributed by atoms with Crippen LogP contribution in [0.3, 0.4) is 0 Å². The molecule has 0 radical (unpaired) electrons. The summed E-state index contributed by atoms with van der Waals surface area (Å²) in [5.74, 6) is -0.327. The molecule has 1 aromatic rings. The molecule has 1 rings (SSSR count). The van der Waals surface area contributed by atoms with Crippen molar-refractivity contribution in [2.75, 3.05) is 25.9 Å². The maximum Gasteiger partial charge on any atom is 0.301 e. The predicted molar refractivity (Wildman–Crippen MR) is 59.2 cm³/mol. The molecule has 0 aromatic heterocycles. The molecule has 0 fully saturated rings. The van der Waals surface area contributed by atoms with E-state index in [1.165, 1.54) is 27.3 Å². The van der Waals surface area contributed by atoms with Gasteiger partial charge in [-0.2, -0.15) is 12.7 Å². The fraction of sp³-hybridized carbons (Fsp3) is 0.333. The Hall–Kier alpha value is -1.34. The van der Waals surface area contributed by atoms with Gasteiger partial charge in [-0.15, -0.1) is 0 Å². The van der Waals surface area contributed by atoms with Gasteiger partial charge in [-0.1, -0.05) is 0 Å². The minimum Gasteiger partial charge on any atom is -0.497 e. The first-order valence-electron chi connectivity index (χ1n) is 4.40. The molecular weight excluding hydrogens is 235 g/mol. The van der Waals surface area contributed by atoms with Crippen molar-refractivity contribution in [1.29, 1.82) is 0 Å². The van der Waals surface area contributed by atoms with E-state index in [2.05, 4.69) is 4.72 Å². The average molecular weight is 248 g/mol. The van der Waals surface area contributed by atoms with Gasteiger partial charge in [0, 0.05) is 26.2 Å². The summed E-state index contributed by atoms with van der Waals surface area (Å²) in [6.45, 7) is 0. The number of nitrogens with zero attached hydrogens (tertiary/aromatic N) is 1. The van der Waals surface area contributed by atoms with E-state index in [-0.39, 0.29) is 11.4 Å². The normalized spacial score (nSPS) is 11.6. The minimum atomic E-state index is -3.63. The van der Waals surface area contributed by atoms with Gasteiger partial charge >= 0.3 is 10.2 Å². The van der Waals surface area contributed by atoms with Gasteiger partial charge in [-0.05, 0) is 6.07 Å². The number of rotatable bonds is 4. The lowest BCUT2D eigenvalue weighted by atomic mass is 10.3. The Bertz CT molecular complexity index is 474. The van der Waals surface area contributed by atoms with E-state index in [4.69, 9.17) is 4.74 Å². The van der Waals surface area contributed by atoms with E-state index in [1.54, 1.807) is 0 Å². The van der Waals surface area contributed by atoms with Crippen LogP contribution < -0.4 is 9.46 Å². The molecular formula is C9H13FN2O3S. The Balaban J connectivity index is 3.02. The maximum absolute atomic E-state index is 13.1. The maximum atomic E-state index is 13.1. The topological polar surface area (TPSA) is 58.6 Å². The van der Waals surface area contributed by atoms with Gasteiger partial charge < -0.3 is 4.74 Å². The summed E-state index contributed by atoms with van der Waals surface area (Å²) in [5, 5.41) is 0. The summed E-state index contributed by atoms with van der Waals surface area (Å²) in [4.78, 5) is 0. The quantitative estimate of drug-likeness (QED) is 0.866. The van der Waals surface area contributed by atoms with Gasteiger partial charge in [0.15, 0.2) is 0 Å². The second kappa shape index (κ2) is 4.67. The third kappa shape index (κ3) is 3.07. The zero-order valence-corrected chi connectivity index (χ0v) is 10.0. The zero-order chi connectivity index (χ0) is 12.3. The summed E-state index contributed by atoms with van der Waals surface area (Å²) >= 11 is 0. The Kier molecular flexibility index (Phi) is 3.71. The number of benzene rings is 1. The summed E-state index contributed by atoms with van der Waals surface area (Å²) in [6.07, 6.45) is 0. The molecule has 90 valence electrons. The summed E-state index contributed by atoms with van der Waals surface area (Å²) in [5.41, 5.74) is 0.116. The standard InChI is InChI=1S/C9H13FN2O3S/c1-12(2)16(13,14)11-8-4-7(10)5-9(6-8)15-3/h4-6,11H,1-3H3. The molecule has 0 unspecified atom stereocenters. The number of hydrogen-bond acceptors (Lipinski definition) is 3. The fourth-order valence-corrected chi connectivity index (χ4v) is 1.58. The van der Waals surface area contributed by atoms with E-state index in [0.717, 1.165) is 16.4 Å². The van der Waals surface area contributed by atoms with Crippen molar-refractivity contribution in [3.8, 4) is 5.75 Å². The molecule has 7 heteroatoms. The largest absolute Gasteiger partial charge is 0.497 e. The molecule has 0 atom stereocenters. The van der Waals surface area contributed by atoms with Gasteiger partial charge in [0.25, 0.3) is 0 Å². The van der Waals surface area contributed by atoms with Crippen LogP contribution in [0.2, 0.25) is 0 Å². The fourth-order valence-electron chi connectivity index (χ4n) is 0.980. The van der Waals surface area contributed by atoms with Gasteiger partial charge in [0.1, 0.15) is 11.6 Å². The minimum absolute atomic E-state index is 0.116. The van der Waals surface area contributed by atoms with Crippen molar-refractivity contribution >= 4 is 15.9 Å². The second-order valence-electron chi connectivity index (χ2n) is 3.27. The number of anilines is 1. The summed E-state index contributed by atoms with van der Waals surface area (Å²) in [7, 11) is 0.490. The molecule has 1 N–H and O–H groups in total. The zero-order valence-electron chi connectivity index (χ0n) is 9.19. The Labute approximate surface area is 94.0 Å². The first-order chi connectivity index (χ1) is 7.35. The van der Waals surface area contributed by atoms with Crippen molar-refractivity contribution in [3.63, 3.8) is 0 Å². The van der Waals surface area contributed by atoms with Crippen LogP contribution in [0.4, 0.5) is 10.1 Å². The van der Waals surface area contributed by atoms with Crippen molar-refractivity contribution < 1.29 is 17.5 Å². The second-order valence-corrected chi connectivity index (χ2v) is 5.15. The van der Waals surface area contributed by atoms with Crippen LogP contribution in [0, 0.1) is 5.82 Å². The highest BCUT2D eigenvalue weighted by Crippen LogP contribution is 2.20. The molecule has 5 nitrogen and oxygen atoms in total. The summed E-state index contributed by atoms with van der Waals surface area (Å²) < 4.78 is 44.0. The average Bonchev–Trinajstić information content (AvgIpc) is 2.15. The van der Waals surface area contributed by atoms with E-state index < -0.39 is 16.0 Å². The van der Waals surface area contributed by atoms with Crippen molar-refractivity contribution in [2.24, 2.45) is 0 Å². The first kappa shape index (κ1) is 12.7. The Morgan fingerprint density at radius 2 is 1.94 bits per heavy atom. The molecule has 0 saturated carbocycles. The number of halogens is 1. The third-order valence-electron chi connectivity index (χ3n) is 1.83. The lowest BCUT2D eigenvalue weighted by molar-refractivity contribution is 0.411. The van der Waals surface area contributed by atoms with E-state index in [9.17, 15) is 12.8 Å². The lowest BCUT2D eigenvalue weighted by Crippen LogP contribution is -2.28.